The van der Waals surface area contributed by atoms with E-state index in [1.165, 1.54) is 30.0 Å². The van der Waals surface area contributed by atoms with Crippen LogP contribution in [0.1, 0.15) is 0 Å². The summed E-state index contributed by atoms with van der Waals surface area (Å²) in [6.45, 7) is 1.90. The minimum absolute atomic E-state index is 0.00170. The van der Waals surface area contributed by atoms with E-state index in [2.05, 4.69) is 20.6 Å². The lowest BCUT2D eigenvalue weighted by atomic mass is 10.1. The molecule has 0 unspecified atom stereocenters. The number of hydrogen-bond donors (Lipinski definition) is 2. The molecule has 5 heterocycles. The third-order valence-corrected chi connectivity index (χ3v) is 7.57. The number of methoxy groups -OCH3 is 1. The van der Waals surface area contributed by atoms with E-state index in [0.717, 1.165) is 4.90 Å². The normalized spacial score (nSPS) is 19.5. The lowest BCUT2D eigenvalue weighted by Crippen LogP contribution is -2.59. The molecule has 0 bridgehead atoms. The molecule has 0 aliphatic carbocycles. The predicted octanol–water partition coefficient (Wildman–Crippen LogP) is 2.63. The van der Waals surface area contributed by atoms with Crippen LogP contribution in [-0.4, -0.2) is 73.2 Å². The minimum Gasteiger partial charge on any atom is -0.481 e. The molecule has 10 nitrogen and oxygen atoms in total. The van der Waals surface area contributed by atoms with Gasteiger partial charge >= 0.3 is 6.09 Å². The fraction of sp³-hybridized carbons (Fsp3) is 0.333. The van der Waals surface area contributed by atoms with Crippen molar-refractivity contribution in [2.24, 2.45) is 0 Å². The van der Waals surface area contributed by atoms with E-state index in [1.807, 2.05) is 17.0 Å². The number of carbonyl (C=O) groups is 2. The van der Waals surface area contributed by atoms with Crippen molar-refractivity contribution in [3.05, 3.63) is 42.3 Å². The zero-order valence-electron chi connectivity index (χ0n) is 19.4. The zero-order valence-corrected chi connectivity index (χ0v) is 20.2. The molecule has 36 heavy (non-hydrogen) atoms. The number of hydrogen-bond acceptors (Lipinski definition) is 9. The van der Waals surface area contributed by atoms with Crippen molar-refractivity contribution in [2.75, 3.05) is 54.2 Å². The lowest BCUT2D eigenvalue weighted by molar-refractivity contribution is -0.113. The molecule has 1 atom stereocenters. The number of cyclic esters (lactones) is 1. The van der Waals surface area contributed by atoms with Crippen LogP contribution < -0.4 is 25.2 Å². The molecule has 3 aliphatic rings. The SMILES string of the molecule is COc1ccc2ncc(F)c(N(C[C@@H]3CN(c4ccc5c(c4)NC(=O)CS5)C(=O)O3)C3CNC3)c2n1. The Morgan fingerprint density at radius 1 is 1.28 bits per heavy atom. The van der Waals surface area contributed by atoms with Crippen molar-refractivity contribution in [1.82, 2.24) is 15.3 Å². The number of carbonyl (C=O) groups excluding carboxylic acids is 2. The highest BCUT2D eigenvalue weighted by Crippen LogP contribution is 2.36. The first-order valence-electron chi connectivity index (χ1n) is 11.5. The first-order valence-corrected chi connectivity index (χ1v) is 12.5. The third-order valence-electron chi connectivity index (χ3n) is 6.50. The zero-order chi connectivity index (χ0) is 24.8. The highest BCUT2D eigenvalue weighted by atomic mass is 32.2. The molecule has 2 amide bonds. The molecule has 2 aromatic heterocycles. The molecule has 3 aliphatic heterocycles. The van der Waals surface area contributed by atoms with Crippen LogP contribution in [0, 0.1) is 5.82 Å². The van der Waals surface area contributed by atoms with Gasteiger partial charge in [0.25, 0.3) is 0 Å². The average molecular weight is 511 g/mol. The summed E-state index contributed by atoms with van der Waals surface area (Å²) >= 11 is 1.46. The molecule has 186 valence electrons. The monoisotopic (exact) mass is 510 g/mol. The molecule has 2 fully saturated rings. The van der Waals surface area contributed by atoms with Gasteiger partial charge in [0.1, 0.15) is 17.3 Å². The molecule has 0 spiro atoms. The van der Waals surface area contributed by atoms with Crippen LogP contribution in [0.2, 0.25) is 0 Å². The summed E-state index contributed by atoms with van der Waals surface area (Å²) in [7, 11) is 1.51. The quantitative estimate of drug-likeness (QED) is 0.517. The molecule has 1 aromatic carbocycles. The van der Waals surface area contributed by atoms with Crippen LogP contribution in [0.5, 0.6) is 5.88 Å². The Labute approximate surface area is 210 Å². The number of nitrogens with zero attached hydrogens (tertiary/aromatic N) is 4. The van der Waals surface area contributed by atoms with Gasteiger partial charge in [-0.25, -0.2) is 14.2 Å². The van der Waals surface area contributed by atoms with Crippen molar-refractivity contribution in [3.63, 3.8) is 0 Å². The van der Waals surface area contributed by atoms with Gasteiger partial charge in [0, 0.05) is 29.7 Å². The second kappa shape index (κ2) is 9.10. The van der Waals surface area contributed by atoms with Gasteiger partial charge in [0.05, 0.1) is 49.4 Å². The van der Waals surface area contributed by atoms with Crippen molar-refractivity contribution < 1.29 is 23.5 Å². The van der Waals surface area contributed by atoms with Gasteiger partial charge < -0.3 is 25.0 Å². The van der Waals surface area contributed by atoms with Crippen LogP contribution in [0.25, 0.3) is 11.0 Å². The number of anilines is 3. The molecule has 2 N–H and O–H groups in total. The Kier molecular flexibility index (Phi) is 5.76. The number of rotatable bonds is 6. The fourth-order valence-corrected chi connectivity index (χ4v) is 5.39. The van der Waals surface area contributed by atoms with Crippen molar-refractivity contribution in [1.29, 1.82) is 0 Å². The van der Waals surface area contributed by atoms with E-state index < -0.39 is 18.0 Å². The van der Waals surface area contributed by atoms with E-state index in [-0.39, 0.29) is 25.0 Å². The van der Waals surface area contributed by atoms with Gasteiger partial charge in [-0.1, -0.05) is 0 Å². The first-order chi connectivity index (χ1) is 17.5. The van der Waals surface area contributed by atoms with Crippen LogP contribution >= 0.6 is 11.8 Å². The third kappa shape index (κ3) is 4.05. The molecule has 12 heteroatoms. The van der Waals surface area contributed by atoms with Gasteiger partial charge in [0.2, 0.25) is 11.8 Å². The number of amides is 2. The smallest absolute Gasteiger partial charge is 0.414 e. The van der Waals surface area contributed by atoms with Crippen molar-refractivity contribution in [3.8, 4) is 5.88 Å². The van der Waals surface area contributed by atoms with Crippen molar-refractivity contribution in [2.45, 2.75) is 17.0 Å². The fourth-order valence-electron chi connectivity index (χ4n) is 4.60. The van der Waals surface area contributed by atoms with Crippen LogP contribution in [0.3, 0.4) is 0 Å². The van der Waals surface area contributed by atoms with Crippen molar-refractivity contribution >= 4 is 51.9 Å². The van der Waals surface area contributed by atoms with Gasteiger partial charge in [0.15, 0.2) is 5.82 Å². The molecule has 2 saturated heterocycles. The summed E-state index contributed by atoms with van der Waals surface area (Å²) in [5.41, 5.74) is 2.56. The summed E-state index contributed by atoms with van der Waals surface area (Å²) < 4.78 is 26.2. The molecule has 0 saturated carbocycles. The number of benzene rings is 1. The first kappa shape index (κ1) is 22.8. The van der Waals surface area contributed by atoms with Gasteiger partial charge in [-0.3, -0.25) is 14.7 Å². The maximum absolute atomic E-state index is 15.3. The van der Waals surface area contributed by atoms with Gasteiger partial charge in [-0.15, -0.1) is 11.8 Å². The van der Waals surface area contributed by atoms with Crippen LogP contribution in [0.15, 0.2) is 41.4 Å². The maximum atomic E-state index is 15.3. The van der Waals surface area contributed by atoms with Crippen LogP contribution in [-0.2, 0) is 9.53 Å². The molecule has 0 radical (unpaired) electrons. The topological polar surface area (TPSA) is 109 Å². The highest BCUT2D eigenvalue weighted by molar-refractivity contribution is 8.00. The number of nitrogens with one attached hydrogen (secondary N) is 2. The molecular weight excluding hydrogens is 487 g/mol. The summed E-state index contributed by atoms with van der Waals surface area (Å²) in [4.78, 5) is 37.7. The number of fused-ring (bicyclic) bond motifs is 2. The molecular formula is C24H23FN6O4S. The Bertz CT molecular complexity index is 1370. The maximum Gasteiger partial charge on any atom is 0.414 e. The summed E-state index contributed by atoms with van der Waals surface area (Å²) in [5, 5.41) is 6.07. The van der Waals surface area contributed by atoms with E-state index in [1.54, 1.807) is 18.2 Å². The Hall–Kier alpha value is -3.64. The Balaban J connectivity index is 1.29. The largest absolute Gasteiger partial charge is 0.481 e. The number of ether oxygens (including phenoxy) is 2. The summed E-state index contributed by atoms with van der Waals surface area (Å²) in [5.74, 6) is 0.152. The van der Waals surface area contributed by atoms with E-state index in [0.29, 0.717) is 52.8 Å². The van der Waals surface area contributed by atoms with E-state index >= 15 is 4.39 Å². The highest BCUT2D eigenvalue weighted by Gasteiger charge is 2.38. The van der Waals surface area contributed by atoms with E-state index in [9.17, 15) is 9.59 Å². The standard InChI is InChI=1S/C24H23FN6O4S/c1-34-21-5-3-17-22(29-21)23(16(25)9-27-17)30(14-7-26-8-14)10-15-11-31(24(33)35-15)13-2-4-19-18(6-13)28-20(32)12-36-19/h2-6,9,14-15,26H,7-8,10-12H2,1H3,(H,28,32)/t15-/m1/s1. The number of pyridine rings is 2. The number of aromatic nitrogens is 2. The molecule has 3 aromatic rings. The van der Waals surface area contributed by atoms with Gasteiger partial charge in [-0.2, -0.15) is 0 Å². The lowest BCUT2D eigenvalue weighted by Gasteiger charge is -2.40. The second-order valence-corrected chi connectivity index (χ2v) is 9.79. The number of halogens is 1. The van der Waals surface area contributed by atoms with Crippen LogP contribution in [0.4, 0.5) is 26.2 Å². The minimum atomic E-state index is -0.508. The number of thioether (sulfide) groups is 1. The Morgan fingerprint density at radius 2 is 2.14 bits per heavy atom. The summed E-state index contributed by atoms with van der Waals surface area (Å²) in [6, 6.07) is 8.94. The van der Waals surface area contributed by atoms with E-state index in [4.69, 9.17) is 9.47 Å². The average Bonchev–Trinajstić information content (AvgIpc) is 3.21. The summed E-state index contributed by atoms with van der Waals surface area (Å²) in [6.07, 6.45) is 0.199. The Morgan fingerprint density at radius 3 is 2.92 bits per heavy atom. The predicted molar refractivity (Wildman–Crippen MR) is 133 cm³/mol. The second-order valence-electron chi connectivity index (χ2n) is 8.77. The molecule has 6 rings (SSSR count). The van der Waals surface area contributed by atoms with Gasteiger partial charge in [-0.05, 0) is 24.3 Å².